The highest BCUT2D eigenvalue weighted by Crippen LogP contribution is 2.13. The first-order valence-corrected chi connectivity index (χ1v) is 4.79. The second-order valence-corrected chi connectivity index (χ2v) is 3.68. The summed E-state index contributed by atoms with van der Waals surface area (Å²) in [4.78, 5) is 0. The summed E-state index contributed by atoms with van der Waals surface area (Å²) < 4.78 is 0. The van der Waals surface area contributed by atoms with E-state index in [1.807, 2.05) is 18.2 Å². The van der Waals surface area contributed by atoms with Gasteiger partial charge in [0, 0.05) is 19.0 Å². The van der Waals surface area contributed by atoms with Crippen LogP contribution in [0, 0.1) is 5.92 Å². The number of nitrogens with one attached hydrogen (secondary N) is 1. The van der Waals surface area contributed by atoms with E-state index in [4.69, 9.17) is 0 Å². The Morgan fingerprint density at radius 3 is 2.54 bits per heavy atom. The number of hydrogen-bond donors (Lipinski definition) is 2. The number of aliphatic hydroxyl groups excluding tert-OH is 1. The standard InChI is InChI=1S/C11H15NO/c13-11(10-7-12-8-10)6-9-4-2-1-3-5-9/h1-5,10-13H,6-8H2/t11-/m0/s1. The average Bonchev–Trinajstić information content (AvgIpc) is 2.02. The largest absolute Gasteiger partial charge is 0.392 e. The van der Waals surface area contributed by atoms with Crippen LogP contribution in [0.5, 0.6) is 0 Å². The molecule has 2 rings (SSSR count). The highest BCUT2D eigenvalue weighted by Gasteiger charge is 2.24. The minimum absolute atomic E-state index is 0.177. The van der Waals surface area contributed by atoms with Crippen molar-refractivity contribution in [2.75, 3.05) is 13.1 Å². The van der Waals surface area contributed by atoms with Crippen LogP contribution in [0.15, 0.2) is 30.3 Å². The maximum atomic E-state index is 9.78. The molecule has 0 amide bonds. The van der Waals surface area contributed by atoms with Crippen molar-refractivity contribution in [3.63, 3.8) is 0 Å². The lowest BCUT2D eigenvalue weighted by molar-refractivity contribution is 0.0772. The minimum Gasteiger partial charge on any atom is -0.392 e. The summed E-state index contributed by atoms with van der Waals surface area (Å²) in [5, 5.41) is 13.0. The number of rotatable bonds is 3. The monoisotopic (exact) mass is 177 g/mol. The summed E-state index contributed by atoms with van der Waals surface area (Å²) in [6.07, 6.45) is 0.608. The van der Waals surface area contributed by atoms with Crippen molar-refractivity contribution in [1.82, 2.24) is 5.32 Å². The number of hydrogen-bond acceptors (Lipinski definition) is 2. The lowest BCUT2D eigenvalue weighted by atomic mass is 9.92. The van der Waals surface area contributed by atoms with Gasteiger partial charge in [0.15, 0.2) is 0 Å². The predicted molar refractivity (Wildman–Crippen MR) is 52.5 cm³/mol. The van der Waals surface area contributed by atoms with Gasteiger partial charge in [-0.05, 0) is 12.0 Å². The SMILES string of the molecule is O[C@@H](Cc1ccccc1)C1CNC1. The Morgan fingerprint density at radius 1 is 1.31 bits per heavy atom. The number of aliphatic hydroxyl groups is 1. The van der Waals surface area contributed by atoms with E-state index in [-0.39, 0.29) is 6.10 Å². The summed E-state index contributed by atoms with van der Waals surface area (Å²) in [6, 6.07) is 10.2. The van der Waals surface area contributed by atoms with Gasteiger partial charge in [-0.1, -0.05) is 30.3 Å². The van der Waals surface area contributed by atoms with Crippen molar-refractivity contribution in [3.8, 4) is 0 Å². The molecule has 0 unspecified atom stereocenters. The minimum atomic E-state index is -0.177. The van der Waals surface area contributed by atoms with Gasteiger partial charge < -0.3 is 10.4 Å². The van der Waals surface area contributed by atoms with Crippen LogP contribution in [0.25, 0.3) is 0 Å². The molecule has 2 heteroatoms. The summed E-state index contributed by atoms with van der Waals surface area (Å²) in [5.74, 6) is 0.459. The second kappa shape index (κ2) is 3.90. The maximum Gasteiger partial charge on any atom is 0.0632 e. The number of benzene rings is 1. The van der Waals surface area contributed by atoms with Crippen molar-refractivity contribution in [1.29, 1.82) is 0 Å². The molecule has 0 spiro atoms. The molecule has 2 nitrogen and oxygen atoms in total. The molecule has 1 atom stereocenters. The van der Waals surface area contributed by atoms with Crippen molar-refractivity contribution >= 4 is 0 Å². The molecule has 13 heavy (non-hydrogen) atoms. The lowest BCUT2D eigenvalue weighted by Gasteiger charge is -2.31. The van der Waals surface area contributed by atoms with Gasteiger partial charge in [0.05, 0.1) is 6.10 Å². The van der Waals surface area contributed by atoms with E-state index in [0.29, 0.717) is 5.92 Å². The second-order valence-electron chi connectivity index (χ2n) is 3.68. The molecule has 1 saturated heterocycles. The summed E-state index contributed by atoms with van der Waals surface area (Å²) in [5.41, 5.74) is 1.22. The normalized spacial score (nSPS) is 19.5. The first kappa shape index (κ1) is 8.73. The fourth-order valence-electron chi connectivity index (χ4n) is 1.61. The van der Waals surface area contributed by atoms with E-state index in [1.165, 1.54) is 5.56 Å². The molecular weight excluding hydrogens is 162 g/mol. The third-order valence-electron chi connectivity index (χ3n) is 2.64. The zero-order valence-corrected chi connectivity index (χ0v) is 7.61. The van der Waals surface area contributed by atoms with Crippen LogP contribution in [0.4, 0.5) is 0 Å². The Hall–Kier alpha value is -0.860. The van der Waals surface area contributed by atoms with Crippen LogP contribution >= 0.6 is 0 Å². The topological polar surface area (TPSA) is 32.3 Å². The molecule has 1 fully saturated rings. The van der Waals surface area contributed by atoms with Gasteiger partial charge >= 0.3 is 0 Å². The van der Waals surface area contributed by atoms with Crippen LogP contribution in [-0.4, -0.2) is 24.3 Å². The third kappa shape index (κ3) is 2.08. The molecule has 0 saturated carbocycles. The van der Waals surface area contributed by atoms with E-state index in [0.717, 1.165) is 19.5 Å². The molecule has 0 aliphatic carbocycles. The molecule has 0 bridgehead atoms. The van der Waals surface area contributed by atoms with Crippen LogP contribution in [-0.2, 0) is 6.42 Å². The molecule has 1 aliphatic rings. The summed E-state index contributed by atoms with van der Waals surface area (Å²) >= 11 is 0. The van der Waals surface area contributed by atoms with Gasteiger partial charge in [-0.2, -0.15) is 0 Å². The highest BCUT2D eigenvalue weighted by molar-refractivity contribution is 5.15. The van der Waals surface area contributed by atoms with Gasteiger partial charge in [0.1, 0.15) is 0 Å². The van der Waals surface area contributed by atoms with E-state index >= 15 is 0 Å². The van der Waals surface area contributed by atoms with E-state index in [1.54, 1.807) is 0 Å². The molecular formula is C11H15NO. The molecule has 1 heterocycles. The first-order valence-electron chi connectivity index (χ1n) is 4.79. The molecule has 70 valence electrons. The fraction of sp³-hybridized carbons (Fsp3) is 0.455. The van der Waals surface area contributed by atoms with E-state index in [2.05, 4.69) is 17.4 Å². The van der Waals surface area contributed by atoms with Gasteiger partial charge in [0.25, 0.3) is 0 Å². The first-order chi connectivity index (χ1) is 6.36. The molecule has 1 aliphatic heterocycles. The molecule has 1 aromatic carbocycles. The van der Waals surface area contributed by atoms with Crippen molar-refractivity contribution in [3.05, 3.63) is 35.9 Å². The quantitative estimate of drug-likeness (QED) is 0.716. The van der Waals surface area contributed by atoms with Crippen molar-refractivity contribution in [2.45, 2.75) is 12.5 Å². The van der Waals surface area contributed by atoms with Gasteiger partial charge in [0.2, 0.25) is 0 Å². The van der Waals surface area contributed by atoms with Crippen LogP contribution in [0.1, 0.15) is 5.56 Å². The molecule has 0 radical (unpaired) electrons. The summed E-state index contributed by atoms with van der Waals surface area (Å²) in [7, 11) is 0. The lowest BCUT2D eigenvalue weighted by Crippen LogP contribution is -2.49. The molecule has 1 aromatic rings. The Balaban J connectivity index is 1.90. The molecule has 2 N–H and O–H groups in total. The summed E-state index contributed by atoms with van der Waals surface area (Å²) in [6.45, 7) is 1.93. The van der Waals surface area contributed by atoms with Crippen molar-refractivity contribution in [2.24, 2.45) is 5.92 Å². The average molecular weight is 177 g/mol. The zero-order valence-electron chi connectivity index (χ0n) is 7.61. The maximum absolute atomic E-state index is 9.78. The highest BCUT2D eigenvalue weighted by atomic mass is 16.3. The van der Waals surface area contributed by atoms with E-state index < -0.39 is 0 Å². The predicted octanol–water partition coefficient (Wildman–Crippen LogP) is 0.809. The fourth-order valence-corrected chi connectivity index (χ4v) is 1.61. The van der Waals surface area contributed by atoms with Gasteiger partial charge in [-0.25, -0.2) is 0 Å². The zero-order chi connectivity index (χ0) is 9.10. The van der Waals surface area contributed by atoms with E-state index in [9.17, 15) is 5.11 Å². The molecule has 0 aromatic heterocycles. The van der Waals surface area contributed by atoms with Crippen LogP contribution < -0.4 is 5.32 Å². The van der Waals surface area contributed by atoms with Gasteiger partial charge in [-0.3, -0.25) is 0 Å². The smallest absolute Gasteiger partial charge is 0.0632 e. The Bertz CT molecular complexity index is 256. The van der Waals surface area contributed by atoms with Crippen LogP contribution in [0.2, 0.25) is 0 Å². The van der Waals surface area contributed by atoms with Crippen LogP contribution in [0.3, 0.4) is 0 Å². The third-order valence-corrected chi connectivity index (χ3v) is 2.64. The van der Waals surface area contributed by atoms with Gasteiger partial charge in [-0.15, -0.1) is 0 Å². The Kier molecular flexibility index (Phi) is 2.62. The Labute approximate surface area is 78.6 Å². The van der Waals surface area contributed by atoms with Crippen molar-refractivity contribution < 1.29 is 5.11 Å². The Morgan fingerprint density at radius 2 is 2.00 bits per heavy atom.